The third kappa shape index (κ3) is 2.89. The first-order chi connectivity index (χ1) is 10.1. The van der Waals surface area contributed by atoms with Gasteiger partial charge in [0.15, 0.2) is 0 Å². The highest BCUT2D eigenvalue weighted by Gasteiger charge is 2.21. The second-order valence-electron chi connectivity index (χ2n) is 5.57. The lowest BCUT2D eigenvalue weighted by Gasteiger charge is -2.05. The molecule has 0 radical (unpaired) electrons. The summed E-state index contributed by atoms with van der Waals surface area (Å²) in [5.74, 6) is -0.0838. The van der Waals surface area contributed by atoms with Crippen molar-refractivity contribution in [2.45, 2.75) is 32.2 Å². The van der Waals surface area contributed by atoms with Crippen molar-refractivity contribution in [2.75, 3.05) is 18.8 Å². The molecule has 114 valence electrons. The lowest BCUT2D eigenvalue weighted by atomic mass is 10.2. The first kappa shape index (κ1) is 14.3. The van der Waals surface area contributed by atoms with Gasteiger partial charge in [0.25, 0.3) is 5.91 Å². The standard InChI is InChI=1S/C14H21N5OS/c1-8-10-11(15)12(21-14(10)19(2)18-8)13(20)17-7-3-6-16-9-4-5-9/h9,16H,3-7,15H2,1-2H3,(H,17,20). The SMILES string of the molecule is Cc1nn(C)c2sc(C(=O)NCCCNC3CC3)c(N)c12. The second-order valence-corrected chi connectivity index (χ2v) is 6.57. The van der Waals surface area contributed by atoms with Crippen molar-refractivity contribution in [3.63, 3.8) is 0 Å². The molecule has 1 aliphatic rings. The molecule has 1 saturated carbocycles. The van der Waals surface area contributed by atoms with E-state index in [0.29, 0.717) is 17.1 Å². The number of hydrogen-bond donors (Lipinski definition) is 3. The number of aryl methyl sites for hydroxylation is 2. The summed E-state index contributed by atoms with van der Waals surface area (Å²) in [5, 5.41) is 11.6. The van der Waals surface area contributed by atoms with Gasteiger partial charge in [0, 0.05) is 19.6 Å². The van der Waals surface area contributed by atoms with Gasteiger partial charge in [-0.05, 0) is 32.7 Å². The van der Waals surface area contributed by atoms with Crippen molar-refractivity contribution in [1.82, 2.24) is 20.4 Å². The molecular weight excluding hydrogens is 286 g/mol. The van der Waals surface area contributed by atoms with E-state index < -0.39 is 0 Å². The zero-order valence-corrected chi connectivity index (χ0v) is 13.2. The summed E-state index contributed by atoms with van der Waals surface area (Å²) in [4.78, 5) is 13.8. The van der Waals surface area contributed by atoms with Gasteiger partial charge in [-0.25, -0.2) is 0 Å². The molecule has 0 saturated heterocycles. The lowest BCUT2D eigenvalue weighted by Crippen LogP contribution is -2.27. The van der Waals surface area contributed by atoms with Gasteiger partial charge >= 0.3 is 0 Å². The summed E-state index contributed by atoms with van der Waals surface area (Å²) in [6.07, 6.45) is 3.52. The molecular formula is C14H21N5OS. The molecule has 21 heavy (non-hydrogen) atoms. The zero-order valence-electron chi connectivity index (χ0n) is 12.4. The van der Waals surface area contributed by atoms with Crippen LogP contribution in [0.25, 0.3) is 10.2 Å². The van der Waals surface area contributed by atoms with E-state index in [0.717, 1.165) is 34.9 Å². The average molecular weight is 307 g/mol. The third-order valence-electron chi connectivity index (χ3n) is 3.74. The smallest absolute Gasteiger partial charge is 0.263 e. The van der Waals surface area contributed by atoms with Crippen molar-refractivity contribution < 1.29 is 4.79 Å². The molecule has 6 nitrogen and oxygen atoms in total. The van der Waals surface area contributed by atoms with Crippen LogP contribution in [0.15, 0.2) is 0 Å². The maximum absolute atomic E-state index is 12.2. The highest BCUT2D eigenvalue weighted by atomic mass is 32.1. The van der Waals surface area contributed by atoms with Gasteiger partial charge in [-0.15, -0.1) is 11.3 Å². The number of nitrogens with two attached hydrogens (primary N) is 1. The first-order valence-corrected chi connectivity index (χ1v) is 8.12. The molecule has 0 aromatic carbocycles. The summed E-state index contributed by atoms with van der Waals surface area (Å²) in [5.41, 5.74) is 7.54. The molecule has 2 aromatic heterocycles. The highest BCUT2D eigenvalue weighted by molar-refractivity contribution is 7.21. The van der Waals surface area contributed by atoms with Crippen LogP contribution in [0.4, 0.5) is 5.69 Å². The lowest BCUT2D eigenvalue weighted by molar-refractivity contribution is 0.0958. The Morgan fingerprint density at radius 1 is 1.48 bits per heavy atom. The monoisotopic (exact) mass is 307 g/mol. The van der Waals surface area contributed by atoms with Gasteiger partial charge in [0.2, 0.25) is 0 Å². The molecule has 0 atom stereocenters. The first-order valence-electron chi connectivity index (χ1n) is 7.31. The number of fused-ring (bicyclic) bond motifs is 1. The fourth-order valence-electron chi connectivity index (χ4n) is 2.46. The molecule has 0 spiro atoms. The summed E-state index contributed by atoms with van der Waals surface area (Å²) in [7, 11) is 1.87. The number of rotatable bonds is 6. The topological polar surface area (TPSA) is 85.0 Å². The minimum Gasteiger partial charge on any atom is -0.397 e. The fourth-order valence-corrected chi connectivity index (χ4v) is 3.57. The molecule has 0 bridgehead atoms. The van der Waals surface area contributed by atoms with Crippen molar-refractivity contribution in [1.29, 1.82) is 0 Å². The van der Waals surface area contributed by atoms with Crippen LogP contribution in [0, 0.1) is 6.92 Å². The van der Waals surface area contributed by atoms with Crippen molar-refractivity contribution in [3.8, 4) is 0 Å². The molecule has 0 aliphatic heterocycles. The maximum Gasteiger partial charge on any atom is 0.263 e. The number of anilines is 1. The molecule has 1 amide bonds. The van der Waals surface area contributed by atoms with Gasteiger partial charge in [0.1, 0.15) is 9.71 Å². The van der Waals surface area contributed by atoms with Gasteiger partial charge in [-0.1, -0.05) is 0 Å². The van der Waals surface area contributed by atoms with Gasteiger partial charge in [-0.2, -0.15) is 5.10 Å². The summed E-state index contributed by atoms with van der Waals surface area (Å²) in [6.45, 7) is 3.54. The summed E-state index contributed by atoms with van der Waals surface area (Å²) >= 11 is 1.41. The minimum atomic E-state index is -0.0838. The Labute approximate surface area is 127 Å². The van der Waals surface area contributed by atoms with E-state index in [1.165, 1.54) is 24.2 Å². The third-order valence-corrected chi connectivity index (χ3v) is 5.01. The number of amides is 1. The number of carbonyl (C=O) groups excluding carboxylic acids is 1. The molecule has 4 N–H and O–H groups in total. The van der Waals surface area contributed by atoms with Crippen molar-refractivity contribution in [3.05, 3.63) is 10.6 Å². The Morgan fingerprint density at radius 3 is 2.90 bits per heavy atom. The van der Waals surface area contributed by atoms with Crippen LogP contribution in [-0.2, 0) is 7.05 Å². The largest absolute Gasteiger partial charge is 0.397 e. The zero-order chi connectivity index (χ0) is 15.0. The summed E-state index contributed by atoms with van der Waals surface area (Å²) in [6, 6.07) is 0.717. The van der Waals surface area contributed by atoms with E-state index >= 15 is 0 Å². The van der Waals surface area contributed by atoms with Gasteiger partial charge in [-0.3, -0.25) is 9.48 Å². The minimum absolute atomic E-state index is 0.0838. The number of carbonyl (C=O) groups is 1. The second kappa shape index (κ2) is 5.65. The molecule has 1 fully saturated rings. The normalized spacial score (nSPS) is 14.8. The number of hydrogen-bond acceptors (Lipinski definition) is 5. The quantitative estimate of drug-likeness (QED) is 0.704. The predicted molar refractivity (Wildman–Crippen MR) is 85.7 cm³/mol. The Bertz CT molecular complexity index is 670. The van der Waals surface area contributed by atoms with Gasteiger partial charge in [0.05, 0.1) is 16.8 Å². The Morgan fingerprint density at radius 2 is 2.24 bits per heavy atom. The van der Waals surface area contributed by atoms with Crippen LogP contribution in [0.3, 0.4) is 0 Å². The van der Waals surface area contributed by atoms with Crippen LogP contribution < -0.4 is 16.4 Å². The number of nitrogen functional groups attached to an aromatic ring is 1. The fraction of sp³-hybridized carbons (Fsp3) is 0.571. The van der Waals surface area contributed by atoms with E-state index in [9.17, 15) is 4.79 Å². The number of aromatic nitrogens is 2. The number of nitrogens with one attached hydrogen (secondary N) is 2. The Hall–Kier alpha value is -1.60. The van der Waals surface area contributed by atoms with E-state index in [1.807, 2.05) is 14.0 Å². The summed E-state index contributed by atoms with van der Waals surface area (Å²) < 4.78 is 1.78. The van der Waals surface area contributed by atoms with E-state index in [2.05, 4.69) is 15.7 Å². The van der Waals surface area contributed by atoms with Crippen molar-refractivity contribution >= 4 is 33.1 Å². The van der Waals surface area contributed by atoms with E-state index in [1.54, 1.807) is 4.68 Å². The Kier molecular flexibility index (Phi) is 3.86. The Balaban J connectivity index is 1.61. The van der Waals surface area contributed by atoms with Crippen LogP contribution in [0.2, 0.25) is 0 Å². The van der Waals surface area contributed by atoms with Crippen LogP contribution >= 0.6 is 11.3 Å². The molecule has 1 aliphatic carbocycles. The molecule has 3 rings (SSSR count). The molecule has 2 heterocycles. The van der Waals surface area contributed by atoms with E-state index in [-0.39, 0.29) is 5.91 Å². The molecule has 0 unspecified atom stereocenters. The van der Waals surface area contributed by atoms with Crippen LogP contribution in [0.1, 0.15) is 34.6 Å². The van der Waals surface area contributed by atoms with Crippen LogP contribution in [0.5, 0.6) is 0 Å². The van der Waals surface area contributed by atoms with E-state index in [4.69, 9.17) is 5.73 Å². The van der Waals surface area contributed by atoms with Crippen molar-refractivity contribution in [2.24, 2.45) is 7.05 Å². The highest BCUT2D eigenvalue weighted by Crippen LogP contribution is 2.35. The van der Waals surface area contributed by atoms with Crippen LogP contribution in [-0.4, -0.2) is 34.8 Å². The predicted octanol–water partition coefficient (Wildman–Crippen LogP) is 1.40. The maximum atomic E-state index is 12.2. The number of nitrogens with zero attached hydrogens (tertiary/aromatic N) is 2. The molecule has 7 heteroatoms. The number of thiophene rings is 1. The van der Waals surface area contributed by atoms with Gasteiger partial charge < -0.3 is 16.4 Å². The average Bonchev–Trinajstić information content (AvgIpc) is 3.13. The molecule has 2 aromatic rings.